The number of carbonyl (C=O) groups is 1. The van der Waals surface area contributed by atoms with Crippen molar-refractivity contribution < 1.29 is 19.2 Å². The van der Waals surface area contributed by atoms with Gasteiger partial charge in [-0.15, -0.1) is 22.7 Å². The topological polar surface area (TPSA) is 125 Å². The van der Waals surface area contributed by atoms with Gasteiger partial charge in [-0.05, 0) is 52.2 Å². The molecular formula is C23H24N6O3S2. The third kappa shape index (κ3) is 3.94. The van der Waals surface area contributed by atoms with E-state index >= 15 is 0 Å². The molecule has 1 aliphatic rings. The van der Waals surface area contributed by atoms with Crippen LogP contribution in [0.15, 0.2) is 27.8 Å². The minimum Gasteiger partial charge on any atom is -0.857 e. The van der Waals surface area contributed by atoms with Gasteiger partial charge in [0.15, 0.2) is 5.78 Å². The second-order valence-corrected chi connectivity index (χ2v) is 10.6. The molecule has 0 spiro atoms. The molecule has 0 aromatic carbocycles. The van der Waals surface area contributed by atoms with E-state index in [-0.39, 0.29) is 22.2 Å². The second-order valence-electron chi connectivity index (χ2n) is 8.33. The number of hydrogen-bond donors (Lipinski definition) is 1. The van der Waals surface area contributed by atoms with Crippen LogP contribution in [0.3, 0.4) is 0 Å². The molecule has 0 radical (unpaired) electrons. The Kier molecular flexibility index (Phi) is 5.82. The maximum absolute atomic E-state index is 13.1. The number of nitrogens with two attached hydrogens (primary N) is 1. The number of ketones is 1. The van der Waals surface area contributed by atoms with Gasteiger partial charge in [0.25, 0.3) is 6.20 Å². The van der Waals surface area contributed by atoms with Gasteiger partial charge >= 0.3 is 5.88 Å². The van der Waals surface area contributed by atoms with E-state index in [4.69, 9.17) is 10.3 Å². The van der Waals surface area contributed by atoms with Crippen LogP contribution in [0.1, 0.15) is 52.0 Å². The normalized spacial score (nSPS) is 14.8. The number of fused-ring (bicyclic) bond motifs is 1. The quantitative estimate of drug-likeness (QED) is 0.195. The van der Waals surface area contributed by atoms with Crippen LogP contribution in [-0.4, -0.2) is 35.0 Å². The molecule has 0 amide bonds. The predicted molar refractivity (Wildman–Crippen MR) is 132 cm³/mol. The van der Waals surface area contributed by atoms with Crippen LogP contribution in [0, 0.1) is 13.8 Å². The Bertz CT molecular complexity index is 1430. The van der Waals surface area contributed by atoms with Gasteiger partial charge < -0.3 is 10.8 Å². The number of carbonyl (C=O) groups excluding carboxylic acids is 1. The van der Waals surface area contributed by atoms with Gasteiger partial charge in [-0.1, -0.05) is 0 Å². The predicted octanol–water partition coefficient (Wildman–Crippen LogP) is 3.26. The molecule has 34 heavy (non-hydrogen) atoms. The van der Waals surface area contributed by atoms with Crippen molar-refractivity contribution in [3.63, 3.8) is 0 Å². The third-order valence-corrected chi connectivity index (χ3v) is 7.97. The first-order valence-corrected chi connectivity index (χ1v) is 12.7. The molecule has 0 aliphatic carbocycles. The van der Waals surface area contributed by atoms with Crippen LogP contribution in [0.4, 0.5) is 11.6 Å². The maximum Gasteiger partial charge on any atom is 0.324 e. The van der Waals surface area contributed by atoms with Crippen molar-refractivity contribution >= 4 is 56.1 Å². The molecule has 0 bridgehead atoms. The van der Waals surface area contributed by atoms with Crippen LogP contribution >= 0.6 is 22.7 Å². The van der Waals surface area contributed by atoms with Gasteiger partial charge in [-0.25, -0.2) is 9.98 Å². The number of aryl methyl sites for hydroxylation is 2. The van der Waals surface area contributed by atoms with E-state index in [1.165, 1.54) is 24.7 Å². The second kappa shape index (κ2) is 8.80. The molecule has 1 fully saturated rings. The summed E-state index contributed by atoms with van der Waals surface area (Å²) in [5, 5.41) is 19.8. The van der Waals surface area contributed by atoms with Crippen molar-refractivity contribution in [2.24, 2.45) is 4.99 Å². The minimum absolute atomic E-state index is 0.0972. The maximum atomic E-state index is 13.1. The van der Waals surface area contributed by atoms with Crippen LogP contribution in [0.25, 0.3) is 20.7 Å². The summed E-state index contributed by atoms with van der Waals surface area (Å²) in [6, 6.07) is 3.97. The summed E-state index contributed by atoms with van der Waals surface area (Å²) in [4.78, 5) is 25.8. The van der Waals surface area contributed by atoms with Gasteiger partial charge in [0.1, 0.15) is 4.83 Å². The van der Waals surface area contributed by atoms with Crippen molar-refractivity contribution in [2.45, 2.75) is 40.0 Å². The van der Waals surface area contributed by atoms with Gasteiger partial charge in [0.05, 0.1) is 34.1 Å². The molecule has 0 saturated carbocycles. The monoisotopic (exact) mass is 496 g/mol. The first-order valence-electron chi connectivity index (χ1n) is 11.0. The number of nitrogen functional groups attached to an aromatic ring is 1. The lowest BCUT2D eigenvalue weighted by Gasteiger charge is -2.17. The third-order valence-electron chi connectivity index (χ3n) is 5.87. The summed E-state index contributed by atoms with van der Waals surface area (Å²) in [5.74, 6) is -0.520. The summed E-state index contributed by atoms with van der Waals surface area (Å²) in [6.45, 7) is 7.08. The fourth-order valence-corrected chi connectivity index (χ4v) is 6.28. The number of aromatic nitrogens is 3. The smallest absolute Gasteiger partial charge is 0.324 e. The van der Waals surface area contributed by atoms with E-state index in [0.717, 1.165) is 41.2 Å². The van der Waals surface area contributed by atoms with Gasteiger partial charge in [-0.3, -0.25) is 9.32 Å². The Labute approximate surface area is 204 Å². The number of pyridine rings is 1. The van der Waals surface area contributed by atoms with Crippen LogP contribution in [0.2, 0.25) is 0 Å². The van der Waals surface area contributed by atoms with Crippen LogP contribution in [-0.2, 0) is 0 Å². The molecule has 176 valence electrons. The fraction of sp³-hybridized carbons (Fsp3) is 0.348. The number of Topliss-reactive ketones (excluding diaryl/α,β-unsaturated/α-hetero) is 1. The number of nitrogens with zero attached hydrogens (tertiary/aromatic N) is 5. The molecule has 11 heteroatoms. The average molecular weight is 497 g/mol. The molecule has 2 N–H and O–H groups in total. The zero-order valence-electron chi connectivity index (χ0n) is 19.1. The zero-order chi connectivity index (χ0) is 24.0. The Morgan fingerprint density at radius 3 is 2.68 bits per heavy atom. The van der Waals surface area contributed by atoms with Gasteiger partial charge in [0.2, 0.25) is 5.27 Å². The fourth-order valence-electron chi connectivity index (χ4n) is 4.32. The van der Waals surface area contributed by atoms with Crippen molar-refractivity contribution in [3.05, 3.63) is 39.3 Å². The molecule has 9 nitrogen and oxygen atoms in total. The summed E-state index contributed by atoms with van der Waals surface area (Å²) >= 11 is 2.74. The van der Waals surface area contributed by atoms with Crippen molar-refractivity contribution in [1.82, 2.24) is 10.3 Å². The number of aliphatic imine (C=N–C) groups is 1. The molecular weight excluding hydrogens is 472 g/mol. The number of thiophene rings is 2. The highest BCUT2D eigenvalue weighted by Gasteiger charge is 2.25. The van der Waals surface area contributed by atoms with Gasteiger partial charge in [0, 0.05) is 32.2 Å². The SMILES string of the molecule is CC(=O)c1c(C)nc2sc(/C([O-])=N/c3c[n+](N4CCCCC4)no3)c(N)c2c1-c1ccc(C)s1. The molecule has 1 saturated heterocycles. The van der Waals surface area contributed by atoms with E-state index in [9.17, 15) is 9.90 Å². The molecule has 0 atom stereocenters. The van der Waals surface area contributed by atoms with E-state index in [0.29, 0.717) is 21.5 Å². The molecule has 1 aliphatic heterocycles. The number of hydrogen-bond acceptors (Lipinski definition) is 10. The van der Waals surface area contributed by atoms with E-state index in [1.54, 1.807) is 29.2 Å². The standard InChI is InChI=1S/C23H24N6O3S2/c1-12-7-8-15(33-12)18-17(14(3)30)13(2)25-23-19(18)20(24)21(34-23)22(31)26-16-11-29(27-32-16)28-9-5-4-6-10-28/h7-8,11H,4-6,9-10H2,1-3H3,(H2-,24,26,27,31). The van der Waals surface area contributed by atoms with Crippen LogP contribution in [0.5, 0.6) is 0 Å². The number of piperidine rings is 1. The molecule has 4 aromatic heterocycles. The lowest BCUT2D eigenvalue weighted by molar-refractivity contribution is -0.759. The van der Waals surface area contributed by atoms with Crippen molar-refractivity contribution in [2.75, 3.05) is 23.8 Å². The molecule has 5 heterocycles. The van der Waals surface area contributed by atoms with Crippen LogP contribution < -0.4 is 20.6 Å². The summed E-state index contributed by atoms with van der Waals surface area (Å²) < 4.78 is 5.28. The lowest BCUT2D eigenvalue weighted by Crippen LogP contribution is -2.60. The molecule has 4 aromatic rings. The minimum atomic E-state index is -0.530. The van der Waals surface area contributed by atoms with E-state index < -0.39 is 5.90 Å². The number of rotatable bonds is 5. The first-order chi connectivity index (χ1) is 16.3. The number of anilines is 1. The largest absolute Gasteiger partial charge is 0.857 e. The van der Waals surface area contributed by atoms with Gasteiger partial charge in [-0.2, -0.15) is 5.01 Å². The Morgan fingerprint density at radius 1 is 1.24 bits per heavy atom. The van der Waals surface area contributed by atoms with E-state index in [2.05, 4.69) is 20.3 Å². The highest BCUT2D eigenvalue weighted by Crippen LogP contribution is 2.44. The van der Waals surface area contributed by atoms with Crippen molar-refractivity contribution in [1.29, 1.82) is 0 Å². The highest BCUT2D eigenvalue weighted by atomic mass is 32.1. The summed E-state index contributed by atoms with van der Waals surface area (Å²) in [5.41, 5.74) is 8.63. The van der Waals surface area contributed by atoms with E-state index in [1.807, 2.05) is 19.1 Å². The Hall–Kier alpha value is -3.31. The zero-order valence-corrected chi connectivity index (χ0v) is 20.8. The Balaban J connectivity index is 1.60. The first kappa shape index (κ1) is 22.5. The Morgan fingerprint density at radius 2 is 2.00 bits per heavy atom. The van der Waals surface area contributed by atoms with Crippen molar-refractivity contribution in [3.8, 4) is 10.4 Å². The molecule has 0 unspecified atom stereocenters. The lowest BCUT2D eigenvalue weighted by atomic mass is 9.98. The highest BCUT2D eigenvalue weighted by molar-refractivity contribution is 7.21. The summed E-state index contributed by atoms with van der Waals surface area (Å²) in [6.07, 6.45) is 4.97. The molecule has 5 rings (SSSR count). The average Bonchev–Trinajstić information content (AvgIpc) is 3.52. The summed E-state index contributed by atoms with van der Waals surface area (Å²) in [7, 11) is 0.